The molecule has 1 heterocycles. The normalized spacial score (nSPS) is 15.0. The van der Waals surface area contributed by atoms with Crippen molar-refractivity contribution in [2.24, 2.45) is 10.7 Å². The number of benzene rings is 3. The zero-order valence-electron chi connectivity index (χ0n) is 19.5. The van der Waals surface area contributed by atoms with Gasteiger partial charge in [0.25, 0.3) is 5.91 Å². The number of hydrogen-bond acceptors (Lipinski definition) is 5. The van der Waals surface area contributed by atoms with E-state index in [9.17, 15) is 14.4 Å². The van der Waals surface area contributed by atoms with Crippen LogP contribution in [0, 0.1) is 0 Å². The molecule has 8 heteroatoms. The first-order valence-corrected chi connectivity index (χ1v) is 11.1. The Hall–Kier alpha value is -4.46. The molecule has 0 saturated carbocycles. The fourth-order valence-electron chi connectivity index (χ4n) is 3.91. The van der Waals surface area contributed by atoms with E-state index in [0.717, 1.165) is 16.9 Å². The number of nitrogens with two attached hydrogens (primary N) is 1. The number of primary amides is 1. The number of nitrogens with one attached hydrogen (secondary N) is 1. The van der Waals surface area contributed by atoms with Crippen molar-refractivity contribution in [1.82, 2.24) is 5.32 Å². The predicted octanol–water partition coefficient (Wildman–Crippen LogP) is 2.68. The van der Waals surface area contributed by atoms with Gasteiger partial charge in [0.05, 0.1) is 18.5 Å². The fourth-order valence-corrected chi connectivity index (χ4v) is 3.91. The number of likely N-dealkylation sites (N-methyl/N-ethyl adjacent to an activating group) is 1. The molecule has 1 atom stereocenters. The van der Waals surface area contributed by atoms with E-state index < -0.39 is 12.1 Å². The van der Waals surface area contributed by atoms with Gasteiger partial charge in [-0.15, -0.1) is 0 Å². The second kappa shape index (κ2) is 10.2. The molecule has 1 aliphatic rings. The van der Waals surface area contributed by atoms with Gasteiger partial charge >= 0.3 is 0 Å². The van der Waals surface area contributed by atoms with Crippen LogP contribution in [0.15, 0.2) is 77.8 Å². The highest BCUT2D eigenvalue weighted by atomic mass is 16.5. The number of amides is 3. The van der Waals surface area contributed by atoms with Crippen LogP contribution in [0.4, 0.5) is 5.69 Å². The second-order valence-corrected chi connectivity index (χ2v) is 8.15. The van der Waals surface area contributed by atoms with E-state index in [1.807, 2.05) is 48.5 Å². The maximum atomic E-state index is 13.2. The Morgan fingerprint density at radius 3 is 2.37 bits per heavy atom. The van der Waals surface area contributed by atoms with Crippen LogP contribution in [-0.2, 0) is 16.0 Å². The van der Waals surface area contributed by atoms with Crippen molar-refractivity contribution in [3.8, 4) is 5.75 Å². The first-order valence-electron chi connectivity index (χ1n) is 11.1. The molecule has 0 radical (unpaired) electrons. The summed E-state index contributed by atoms with van der Waals surface area (Å²) in [4.78, 5) is 43.7. The molecule has 3 aromatic carbocycles. The van der Waals surface area contributed by atoms with Gasteiger partial charge in [-0.25, -0.2) is 4.99 Å². The topological polar surface area (TPSA) is 114 Å². The van der Waals surface area contributed by atoms with Crippen LogP contribution in [0.5, 0.6) is 5.75 Å². The SMILES string of the molecule is COc1ccc(CCC(=O)NC2N=C(c3ccc(C(N)=O)cc3)c3ccccc3N(C)C2=O)cc1. The van der Waals surface area contributed by atoms with Gasteiger partial charge in [-0.1, -0.05) is 42.5 Å². The van der Waals surface area contributed by atoms with E-state index in [-0.39, 0.29) is 18.2 Å². The number of benzodiazepines with no additional fused rings is 1. The van der Waals surface area contributed by atoms with Gasteiger partial charge in [0.15, 0.2) is 0 Å². The Bertz CT molecular complexity index is 1280. The molecule has 0 saturated heterocycles. The molecule has 35 heavy (non-hydrogen) atoms. The number of rotatable bonds is 7. The van der Waals surface area contributed by atoms with E-state index in [2.05, 4.69) is 10.3 Å². The molecule has 8 nitrogen and oxygen atoms in total. The summed E-state index contributed by atoms with van der Waals surface area (Å²) in [7, 11) is 3.26. The summed E-state index contributed by atoms with van der Waals surface area (Å²) in [6.07, 6.45) is -0.385. The van der Waals surface area contributed by atoms with Crippen LogP contribution in [0.25, 0.3) is 0 Å². The van der Waals surface area contributed by atoms with Crippen molar-refractivity contribution in [3.05, 3.63) is 95.1 Å². The smallest absolute Gasteiger partial charge is 0.272 e. The minimum absolute atomic E-state index is 0.199. The molecule has 3 N–H and O–H groups in total. The lowest BCUT2D eigenvalue weighted by molar-refractivity contribution is -0.127. The molecule has 3 aromatic rings. The molecule has 1 aliphatic heterocycles. The average molecular weight is 471 g/mol. The van der Waals surface area contributed by atoms with Crippen molar-refractivity contribution in [2.45, 2.75) is 19.0 Å². The minimum atomic E-state index is -1.10. The molecule has 4 rings (SSSR count). The summed E-state index contributed by atoms with van der Waals surface area (Å²) >= 11 is 0. The Morgan fingerprint density at radius 1 is 1.03 bits per heavy atom. The fraction of sp³-hybridized carbons (Fsp3) is 0.185. The lowest BCUT2D eigenvalue weighted by Gasteiger charge is -2.20. The number of methoxy groups -OCH3 is 1. The van der Waals surface area contributed by atoms with E-state index in [1.165, 1.54) is 4.90 Å². The molecule has 0 bridgehead atoms. The monoisotopic (exact) mass is 470 g/mol. The number of fused-ring (bicyclic) bond motifs is 1. The minimum Gasteiger partial charge on any atom is -0.497 e. The number of nitrogens with zero attached hydrogens (tertiary/aromatic N) is 2. The first-order chi connectivity index (χ1) is 16.9. The van der Waals surface area contributed by atoms with Gasteiger partial charge in [-0.3, -0.25) is 14.4 Å². The lowest BCUT2D eigenvalue weighted by atomic mass is 9.99. The Balaban J connectivity index is 1.60. The largest absolute Gasteiger partial charge is 0.497 e. The summed E-state index contributed by atoms with van der Waals surface area (Å²) in [6.45, 7) is 0. The second-order valence-electron chi connectivity index (χ2n) is 8.15. The number of carbonyl (C=O) groups excluding carboxylic acids is 3. The number of anilines is 1. The van der Waals surface area contributed by atoms with E-state index >= 15 is 0 Å². The third-order valence-electron chi connectivity index (χ3n) is 5.88. The van der Waals surface area contributed by atoms with Crippen LogP contribution in [-0.4, -0.2) is 43.8 Å². The summed E-state index contributed by atoms with van der Waals surface area (Å²) in [6, 6.07) is 21.6. The zero-order chi connectivity index (χ0) is 24.9. The molecular weight excluding hydrogens is 444 g/mol. The Kier molecular flexibility index (Phi) is 6.91. The highest BCUT2D eigenvalue weighted by Crippen LogP contribution is 2.27. The van der Waals surface area contributed by atoms with Gasteiger partial charge in [0.1, 0.15) is 5.75 Å². The third-order valence-corrected chi connectivity index (χ3v) is 5.88. The quantitative estimate of drug-likeness (QED) is 0.553. The molecule has 0 aliphatic carbocycles. The number of hydrogen-bond donors (Lipinski definition) is 2. The molecule has 0 fully saturated rings. The van der Waals surface area contributed by atoms with Crippen molar-refractivity contribution < 1.29 is 19.1 Å². The molecule has 0 aromatic heterocycles. The van der Waals surface area contributed by atoms with Crippen LogP contribution in [0.1, 0.15) is 33.5 Å². The van der Waals surface area contributed by atoms with Crippen LogP contribution in [0.3, 0.4) is 0 Å². The van der Waals surface area contributed by atoms with Crippen molar-refractivity contribution in [1.29, 1.82) is 0 Å². The third kappa shape index (κ3) is 5.22. The number of ether oxygens (including phenoxy) is 1. The molecule has 178 valence electrons. The highest BCUT2D eigenvalue weighted by Gasteiger charge is 2.30. The van der Waals surface area contributed by atoms with Crippen molar-refractivity contribution >= 4 is 29.1 Å². The standard InChI is InChI=1S/C27H26N4O4/c1-31-22-6-4-3-5-21(22)24(18-10-12-19(13-11-18)25(28)33)30-26(27(31)34)29-23(32)16-9-17-7-14-20(35-2)15-8-17/h3-8,10-15,26H,9,16H2,1-2H3,(H2,28,33)(H,29,32). The Labute approximate surface area is 203 Å². The number of carbonyl (C=O) groups is 3. The maximum Gasteiger partial charge on any atom is 0.272 e. The molecule has 1 unspecified atom stereocenters. The van der Waals surface area contributed by atoms with Gasteiger partial charge in [-0.05, 0) is 42.3 Å². The summed E-state index contributed by atoms with van der Waals surface area (Å²) in [5.41, 5.74) is 9.37. The molecule has 0 spiro atoms. The zero-order valence-corrected chi connectivity index (χ0v) is 19.5. The summed E-state index contributed by atoms with van der Waals surface area (Å²) in [5, 5.41) is 2.78. The van der Waals surface area contributed by atoms with E-state index in [4.69, 9.17) is 10.5 Å². The van der Waals surface area contributed by atoms with Crippen molar-refractivity contribution in [3.63, 3.8) is 0 Å². The van der Waals surface area contributed by atoms with Gasteiger partial charge in [0.2, 0.25) is 18.0 Å². The maximum absolute atomic E-state index is 13.2. The van der Waals surface area contributed by atoms with Crippen molar-refractivity contribution in [2.75, 3.05) is 19.1 Å². The van der Waals surface area contributed by atoms with Gasteiger partial charge in [-0.2, -0.15) is 0 Å². The van der Waals surface area contributed by atoms with Crippen LogP contribution < -0.4 is 20.7 Å². The highest BCUT2D eigenvalue weighted by molar-refractivity contribution is 6.20. The van der Waals surface area contributed by atoms with E-state index in [1.54, 1.807) is 38.4 Å². The predicted molar refractivity (Wildman–Crippen MR) is 134 cm³/mol. The number of para-hydroxylation sites is 1. The summed E-state index contributed by atoms with van der Waals surface area (Å²) < 4.78 is 5.16. The van der Waals surface area contributed by atoms with Crippen LogP contribution in [0.2, 0.25) is 0 Å². The first kappa shape index (κ1) is 23.7. The Morgan fingerprint density at radius 2 is 1.71 bits per heavy atom. The average Bonchev–Trinajstić information content (AvgIpc) is 2.98. The number of aliphatic imine (C=N–C) groups is 1. The molecular formula is C27H26N4O4. The van der Waals surface area contributed by atoms with E-state index in [0.29, 0.717) is 28.9 Å². The lowest BCUT2D eigenvalue weighted by Crippen LogP contribution is -2.46. The van der Waals surface area contributed by atoms with Crippen LogP contribution >= 0.6 is 0 Å². The summed E-state index contributed by atoms with van der Waals surface area (Å²) in [5.74, 6) is -0.419. The van der Waals surface area contributed by atoms with Gasteiger partial charge in [0, 0.05) is 30.2 Å². The molecule has 3 amide bonds. The number of aryl methyl sites for hydroxylation is 1. The van der Waals surface area contributed by atoms with Gasteiger partial charge < -0.3 is 20.7 Å².